The number of ether oxygens (including phenoxy) is 1. The van der Waals surface area contributed by atoms with Gasteiger partial charge in [-0.1, -0.05) is 29.3 Å². The van der Waals surface area contributed by atoms with Gasteiger partial charge in [0.1, 0.15) is 0 Å². The Morgan fingerprint density at radius 1 is 1.14 bits per heavy atom. The predicted octanol–water partition coefficient (Wildman–Crippen LogP) is 5.02. The van der Waals surface area contributed by atoms with Gasteiger partial charge in [0.25, 0.3) is 0 Å². The number of halogens is 2. The van der Waals surface area contributed by atoms with E-state index in [4.69, 9.17) is 27.9 Å². The molecule has 0 unspecified atom stereocenters. The summed E-state index contributed by atoms with van der Waals surface area (Å²) in [4.78, 5) is 0. The highest BCUT2D eigenvalue weighted by Gasteiger charge is 2.06. The van der Waals surface area contributed by atoms with Crippen LogP contribution in [0.4, 0.5) is 5.69 Å². The summed E-state index contributed by atoms with van der Waals surface area (Å²) in [5.41, 5.74) is 2.69. The van der Waals surface area contributed by atoms with Gasteiger partial charge in [0.15, 0.2) is 11.5 Å². The van der Waals surface area contributed by atoms with Gasteiger partial charge in [0.05, 0.1) is 17.3 Å². The molecule has 2 rings (SSSR count). The highest BCUT2D eigenvalue weighted by molar-refractivity contribution is 6.35. The molecule has 2 aromatic carbocycles. The van der Waals surface area contributed by atoms with Gasteiger partial charge < -0.3 is 15.2 Å². The van der Waals surface area contributed by atoms with Crippen LogP contribution in [0, 0.1) is 6.92 Å². The quantitative estimate of drug-likeness (QED) is 0.811. The minimum Gasteiger partial charge on any atom is -0.504 e. The van der Waals surface area contributed by atoms with E-state index in [-0.39, 0.29) is 5.75 Å². The number of anilines is 1. The molecule has 0 aromatic heterocycles. The minimum atomic E-state index is 0.136. The van der Waals surface area contributed by atoms with Crippen LogP contribution in [-0.2, 0) is 6.54 Å². The molecule has 0 atom stereocenters. The lowest BCUT2D eigenvalue weighted by molar-refractivity contribution is 0.318. The highest BCUT2D eigenvalue weighted by atomic mass is 35.5. The Kier molecular flexibility index (Phi) is 5.21. The average molecular weight is 326 g/mol. The maximum atomic E-state index is 9.68. The topological polar surface area (TPSA) is 41.5 Å². The van der Waals surface area contributed by atoms with Crippen molar-refractivity contribution in [1.29, 1.82) is 0 Å². The predicted molar refractivity (Wildman–Crippen MR) is 87.8 cm³/mol. The first kappa shape index (κ1) is 15.8. The molecule has 0 aliphatic rings. The number of hydrogen-bond donors (Lipinski definition) is 2. The number of phenolic OH excluding ortho intramolecular Hbond substituents is 1. The van der Waals surface area contributed by atoms with Gasteiger partial charge in [-0.05, 0) is 49.2 Å². The first-order chi connectivity index (χ1) is 10.0. The number of benzene rings is 2. The zero-order valence-electron chi connectivity index (χ0n) is 11.9. The van der Waals surface area contributed by atoms with Crippen LogP contribution >= 0.6 is 23.2 Å². The van der Waals surface area contributed by atoms with Gasteiger partial charge >= 0.3 is 0 Å². The highest BCUT2D eigenvalue weighted by Crippen LogP contribution is 2.30. The molecule has 0 heterocycles. The van der Waals surface area contributed by atoms with E-state index >= 15 is 0 Å². The van der Waals surface area contributed by atoms with Crippen molar-refractivity contribution in [2.75, 3.05) is 11.9 Å². The van der Waals surface area contributed by atoms with Crippen molar-refractivity contribution in [3.63, 3.8) is 0 Å². The van der Waals surface area contributed by atoms with Crippen molar-refractivity contribution in [3.05, 3.63) is 51.5 Å². The molecule has 0 saturated carbocycles. The number of aryl methyl sites for hydroxylation is 1. The monoisotopic (exact) mass is 325 g/mol. The van der Waals surface area contributed by atoms with Gasteiger partial charge in [-0.25, -0.2) is 0 Å². The molecule has 2 N–H and O–H groups in total. The third kappa shape index (κ3) is 3.96. The second-order valence-electron chi connectivity index (χ2n) is 4.67. The summed E-state index contributed by atoms with van der Waals surface area (Å²) in [5.74, 6) is 0.613. The van der Waals surface area contributed by atoms with Gasteiger partial charge in [0.2, 0.25) is 0 Å². The zero-order valence-corrected chi connectivity index (χ0v) is 13.4. The van der Waals surface area contributed by atoms with E-state index in [1.54, 1.807) is 12.1 Å². The first-order valence-electron chi connectivity index (χ1n) is 6.65. The minimum absolute atomic E-state index is 0.136. The molecule has 5 heteroatoms. The molecule has 0 radical (unpaired) electrons. The van der Waals surface area contributed by atoms with Gasteiger partial charge in [0, 0.05) is 11.6 Å². The molecular formula is C16H17Cl2NO2. The first-order valence-corrected chi connectivity index (χ1v) is 7.41. The van der Waals surface area contributed by atoms with Crippen molar-refractivity contribution in [2.24, 2.45) is 0 Å². The van der Waals surface area contributed by atoms with Crippen LogP contribution in [0.25, 0.3) is 0 Å². The Bertz CT molecular complexity index is 644. The summed E-state index contributed by atoms with van der Waals surface area (Å²) < 4.78 is 5.36. The van der Waals surface area contributed by atoms with Crippen LogP contribution < -0.4 is 10.1 Å². The largest absolute Gasteiger partial charge is 0.504 e. The molecule has 0 fully saturated rings. The van der Waals surface area contributed by atoms with E-state index in [0.29, 0.717) is 28.9 Å². The Morgan fingerprint density at radius 2 is 1.90 bits per heavy atom. The fourth-order valence-corrected chi connectivity index (χ4v) is 2.37. The van der Waals surface area contributed by atoms with Crippen LogP contribution in [0.3, 0.4) is 0 Å². The number of rotatable bonds is 5. The summed E-state index contributed by atoms with van der Waals surface area (Å²) in [5, 5.41) is 14.2. The normalized spacial score (nSPS) is 10.5. The Balaban J connectivity index is 2.13. The second kappa shape index (κ2) is 6.92. The van der Waals surface area contributed by atoms with Crippen LogP contribution in [-0.4, -0.2) is 11.7 Å². The van der Waals surface area contributed by atoms with Gasteiger partial charge in [-0.15, -0.1) is 0 Å². The van der Waals surface area contributed by atoms with E-state index in [1.807, 2.05) is 32.0 Å². The molecule has 112 valence electrons. The molecular weight excluding hydrogens is 309 g/mol. The second-order valence-corrected chi connectivity index (χ2v) is 5.48. The maximum absolute atomic E-state index is 9.68. The summed E-state index contributed by atoms with van der Waals surface area (Å²) in [7, 11) is 0. The molecule has 0 amide bonds. The number of aromatic hydroxyl groups is 1. The number of nitrogens with one attached hydrogen (secondary N) is 1. The molecule has 0 aliphatic heterocycles. The van der Waals surface area contributed by atoms with E-state index in [2.05, 4.69) is 5.32 Å². The van der Waals surface area contributed by atoms with Crippen LogP contribution in [0.2, 0.25) is 10.0 Å². The molecule has 2 aromatic rings. The Hall–Kier alpha value is -1.58. The fraction of sp³-hybridized carbons (Fsp3) is 0.250. The summed E-state index contributed by atoms with van der Waals surface area (Å²) >= 11 is 12.3. The lowest BCUT2D eigenvalue weighted by atomic mass is 10.2. The van der Waals surface area contributed by atoms with Gasteiger partial charge in [-0.2, -0.15) is 0 Å². The van der Waals surface area contributed by atoms with Crippen LogP contribution in [0.15, 0.2) is 30.3 Å². The molecule has 0 aliphatic carbocycles. The Morgan fingerprint density at radius 3 is 2.62 bits per heavy atom. The summed E-state index contributed by atoms with van der Waals surface area (Å²) in [6, 6.07) is 8.88. The molecule has 0 bridgehead atoms. The van der Waals surface area contributed by atoms with E-state index < -0.39 is 0 Å². The van der Waals surface area contributed by atoms with Crippen molar-refractivity contribution in [1.82, 2.24) is 0 Å². The van der Waals surface area contributed by atoms with E-state index in [9.17, 15) is 5.11 Å². The smallest absolute Gasteiger partial charge is 0.161 e. The third-order valence-electron chi connectivity index (χ3n) is 3.06. The van der Waals surface area contributed by atoms with Gasteiger partial charge in [-0.3, -0.25) is 0 Å². The lowest BCUT2D eigenvalue weighted by Crippen LogP contribution is -2.01. The van der Waals surface area contributed by atoms with Crippen molar-refractivity contribution in [2.45, 2.75) is 20.4 Å². The fourth-order valence-electron chi connectivity index (χ4n) is 1.92. The average Bonchev–Trinajstić information content (AvgIpc) is 2.45. The molecule has 0 spiro atoms. The molecule has 0 saturated heterocycles. The number of phenols is 1. The lowest BCUT2D eigenvalue weighted by Gasteiger charge is -2.12. The van der Waals surface area contributed by atoms with Crippen LogP contribution in [0.1, 0.15) is 18.1 Å². The van der Waals surface area contributed by atoms with Crippen molar-refractivity contribution >= 4 is 28.9 Å². The van der Waals surface area contributed by atoms with Crippen LogP contribution in [0.5, 0.6) is 11.5 Å². The summed E-state index contributed by atoms with van der Waals surface area (Å²) in [6.45, 7) is 4.84. The van der Waals surface area contributed by atoms with E-state index in [1.165, 1.54) is 0 Å². The standard InChI is InChI=1S/C16H17Cl2NO2/c1-3-21-16-7-11(4-5-15(16)20)9-19-14-8-12(17)10(2)6-13(14)18/h4-8,19-20H,3,9H2,1-2H3. The molecule has 3 nitrogen and oxygen atoms in total. The SMILES string of the molecule is CCOc1cc(CNc2cc(Cl)c(C)cc2Cl)ccc1O. The number of hydrogen-bond acceptors (Lipinski definition) is 3. The summed E-state index contributed by atoms with van der Waals surface area (Å²) in [6.07, 6.45) is 0. The van der Waals surface area contributed by atoms with E-state index in [0.717, 1.165) is 16.8 Å². The zero-order chi connectivity index (χ0) is 15.4. The Labute approximate surface area is 134 Å². The molecule has 21 heavy (non-hydrogen) atoms. The third-order valence-corrected chi connectivity index (χ3v) is 3.78. The van der Waals surface area contributed by atoms with Crippen molar-refractivity contribution in [3.8, 4) is 11.5 Å². The van der Waals surface area contributed by atoms with Crippen molar-refractivity contribution < 1.29 is 9.84 Å². The maximum Gasteiger partial charge on any atom is 0.161 e.